The van der Waals surface area contributed by atoms with Crippen molar-refractivity contribution in [3.63, 3.8) is 0 Å². The quantitative estimate of drug-likeness (QED) is 0.378. The van der Waals surface area contributed by atoms with Gasteiger partial charge in [-0.25, -0.2) is 4.98 Å². The Hall–Kier alpha value is -1.52. The fourth-order valence-corrected chi connectivity index (χ4v) is 0.589. The van der Waals surface area contributed by atoms with Crippen LogP contribution in [0.5, 0.6) is 0 Å². The smallest absolute Gasteiger partial charge is 0.233 e. The third-order valence-corrected chi connectivity index (χ3v) is 1.10. The van der Waals surface area contributed by atoms with Crippen LogP contribution in [0.15, 0.2) is 6.33 Å². The zero-order chi connectivity index (χ0) is 7.56. The second kappa shape index (κ2) is 2.38. The highest BCUT2D eigenvalue weighted by Gasteiger charge is 2.06. The molecule has 5 nitrogen and oxygen atoms in total. The van der Waals surface area contributed by atoms with Gasteiger partial charge in [-0.05, 0) is 0 Å². The first-order valence-electron chi connectivity index (χ1n) is 2.67. The number of ether oxygens (including phenoxy) is 1. The van der Waals surface area contributed by atoms with Gasteiger partial charge >= 0.3 is 0 Å². The lowest BCUT2D eigenvalue weighted by atomic mass is 10.4. The highest BCUT2D eigenvalue weighted by molar-refractivity contribution is 5.93. The summed E-state index contributed by atoms with van der Waals surface area (Å²) < 4.78 is 4.61. The van der Waals surface area contributed by atoms with E-state index < -0.39 is 0 Å². The van der Waals surface area contributed by atoms with Gasteiger partial charge in [0.2, 0.25) is 5.90 Å². The van der Waals surface area contributed by atoms with E-state index in [1.165, 1.54) is 13.4 Å². The minimum atomic E-state index is -0.00463. The Morgan fingerprint density at radius 3 is 3.00 bits per heavy atom. The lowest BCUT2D eigenvalue weighted by Crippen LogP contribution is -2.04. The van der Waals surface area contributed by atoms with Gasteiger partial charge in [-0.3, -0.25) is 5.41 Å². The minimum Gasteiger partial charge on any atom is -0.480 e. The number of nitrogens with one attached hydrogen (secondary N) is 2. The second-order valence-electron chi connectivity index (χ2n) is 1.70. The third-order valence-electron chi connectivity index (χ3n) is 1.10. The number of hydrogen-bond acceptors (Lipinski definition) is 4. The Morgan fingerprint density at radius 1 is 1.90 bits per heavy atom. The lowest BCUT2D eigenvalue weighted by Gasteiger charge is -1.97. The maximum Gasteiger partial charge on any atom is 0.233 e. The molecule has 1 rings (SSSR count). The van der Waals surface area contributed by atoms with E-state index in [0.717, 1.165) is 0 Å². The fraction of sp³-hybridized carbons (Fsp3) is 0.200. The second-order valence-corrected chi connectivity index (χ2v) is 1.70. The van der Waals surface area contributed by atoms with E-state index in [1.807, 2.05) is 0 Å². The first-order valence-corrected chi connectivity index (χ1v) is 2.67. The summed E-state index contributed by atoms with van der Waals surface area (Å²) in [7, 11) is 1.41. The molecule has 0 saturated carbocycles. The molecule has 10 heavy (non-hydrogen) atoms. The summed E-state index contributed by atoms with van der Waals surface area (Å²) in [5, 5.41) is 7.16. The minimum absolute atomic E-state index is 0.00463. The summed E-state index contributed by atoms with van der Waals surface area (Å²) in [6.45, 7) is 0. The van der Waals surface area contributed by atoms with Gasteiger partial charge in [0.25, 0.3) is 0 Å². The fourth-order valence-electron chi connectivity index (χ4n) is 0.589. The SMILES string of the molecule is COC(=N)c1[nH]cnc1N. The molecule has 0 unspecified atom stereocenters. The van der Waals surface area contributed by atoms with Gasteiger partial charge in [0.05, 0.1) is 13.4 Å². The third kappa shape index (κ3) is 0.928. The van der Waals surface area contributed by atoms with E-state index in [0.29, 0.717) is 5.69 Å². The van der Waals surface area contributed by atoms with E-state index in [2.05, 4.69) is 14.7 Å². The van der Waals surface area contributed by atoms with Gasteiger partial charge in [0.15, 0.2) is 5.82 Å². The number of aromatic nitrogens is 2. The number of H-pyrrole nitrogens is 1. The van der Waals surface area contributed by atoms with E-state index in [1.54, 1.807) is 0 Å². The van der Waals surface area contributed by atoms with E-state index >= 15 is 0 Å². The number of rotatable bonds is 1. The monoisotopic (exact) mass is 140 g/mol. The Bertz CT molecular complexity index is 242. The first kappa shape index (κ1) is 6.60. The Balaban J connectivity index is 2.93. The summed E-state index contributed by atoms with van der Waals surface area (Å²) in [5.41, 5.74) is 5.77. The first-order chi connectivity index (χ1) is 4.75. The van der Waals surface area contributed by atoms with Gasteiger partial charge in [0, 0.05) is 0 Å². The Kier molecular flexibility index (Phi) is 1.57. The molecule has 1 aromatic heterocycles. The van der Waals surface area contributed by atoms with Crippen LogP contribution < -0.4 is 5.73 Å². The van der Waals surface area contributed by atoms with Crippen molar-refractivity contribution in [1.29, 1.82) is 5.41 Å². The topological polar surface area (TPSA) is 87.8 Å². The van der Waals surface area contributed by atoms with Crippen molar-refractivity contribution in [1.82, 2.24) is 9.97 Å². The van der Waals surface area contributed by atoms with Crippen LogP contribution in [0.1, 0.15) is 5.69 Å². The molecule has 0 amide bonds. The number of nitrogens with zero attached hydrogens (tertiary/aromatic N) is 1. The largest absolute Gasteiger partial charge is 0.480 e. The number of nitrogens with two attached hydrogens (primary N) is 1. The Labute approximate surface area is 57.7 Å². The summed E-state index contributed by atoms with van der Waals surface area (Å²) >= 11 is 0. The molecule has 0 spiro atoms. The van der Waals surface area contributed by atoms with Crippen LogP contribution in [0, 0.1) is 5.41 Å². The standard InChI is InChI=1S/C5H8N4O/c1-10-5(7)3-4(6)9-2-8-3/h2,7H,6H2,1H3,(H,8,9). The van der Waals surface area contributed by atoms with Crippen LogP contribution in [-0.4, -0.2) is 23.0 Å². The maximum absolute atomic E-state index is 7.16. The van der Waals surface area contributed by atoms with Gasteiger partial charge in [0.1, 0.15) is 5.69 Å². The maximum atomic E-state index is 7.16. The molecule has 1 heterocycles. The lowest BCUT2D eigenvalue weighted by molar-refractivity contribution is 0.400. The number of methoxy groups -OCH3 is 1. The number of hydrogen-bond donors (Lipinski definition) is 3. The summed E-state index contributed by atoms with van der Waals surface area (Å²) in [4.78, 5) is 6.36. The van der Waals surface area contributed by atoms with Gasteiger partial charge in [-0.1, -0.05) is 0 Å². The van der Waals surface area contributed by atoms with Crippen molar-refractivity contribution in [3.05, 3.63) is 12.0 Å². The molecule has 0 radical (unpaired) electrons. The average Bonchev–Trinajstić information content (AvgIpc) is 2.34. The number of aromatic amines is 1. The normalized spacial score (nSPS) is 9.30. The zero-order valence-corrected chi connectivity index (χ0v) is 5.51. The van der Waals surface area contributed by atoms with Crippen LogP contribution in [0.2, 0.25) is 0 Å². The van der Waals surface area contributed by atoms with Crippen molar-refractivity contribution in [2.45, 2.75) is 0 Å². The predicted octanol–water partition coefficient (Wildman–Crippen LogP) is -0.0363. The Morgan fingerprint density at radius 2 is 2.60 bits per heavy atom. The number of imidazole rings is 1. The molecular weight excluding hydrogens is 132 g/mol. The van der Waals surface area contributed by atoms with Gasteiger partial charge < -0.3 is 15.5 Å². The highest BCUT2D eigenvalue weighted by atomic mass is 16.5. The molecule has 0 fully saturated rings. The van der Waals surface area contributed by atoms with Crippen molar-refractivity contribution >= 4 is 11.7 Å². The van der Waals surface area contributed by atoms with Crippen molar-refractivity contribution in [2.75, 3.05) is 12.8 Å². The molecule has 0 bridgehead atoms. The van der Waals surface area contributed by atoms with Crippen LogP contribution in [-0.2, 0) is 4.74 Å². The van der Waals surface area contributed by atoms with Crippen LogP contribution >= 0.6 is 0 Å². The number of nitrogen functional groups attached to an aromatic ring is 1. The summed E-state index contributed by atoms with van der Waals surface area (Å²) in [6.07, 6.45) is 1.41. The van der Waals surface area contributed by atoms with Gasteiger partial charge in [-0.15, -0.1) is 0 Å². The number of anilines is 1. The molecule has 0 aliphatic carbocycles. The van der Waals surface area contributed by atoms with E-state index in [-0.39, 0.29) is 11.7 Å². The average molecular weight is 140 g/mol. The van der Waals surface area contributed by atoms with Crippen molar-refractivity contribution in [2.24, 2.45) is 0 Å². The molecule has 54 valence electrons. The molecule has 5 heteroatoms. The summed E-state index contributed by atoms with van der Waals surface area (Å²) in [5.74, 6) is 0.279. The molecule has 0 atom stereocenters. The molecule has 0 aliphatic heterocycles. The van der Waals surface area contributed by atoms with Crippen LogP contribution in [0.3, 0.4) is 0 Å². The predicted molar refractivity (Wildman–Crippen MR) is 36.8 cm³/mol. The van der Waals surface area contributed by atoms with Gasteiger partial charge in [-0.2, -0.15) is 0 Å². The zero-order valence-electron chi connectivity index (χ0n) is 5.51. The van der Waals surface area contributed by atoms with E-state index in [4.69, 9.17) is 11.1 Å². The molecule has 4 N–H and O–H groups in total. The van der Waals surface area contributed by atoms with E-state index in [9.17, 15) is 0 Å². The molecule has 1 aromatic rings. The molecule has 0 aromatic carbocycles. The van der Waals surface area contributed by atoms with Crippen molar-refractivity contribution < 1.29 is 4.74 Å². The molecule has 0 saturated heterocycles. The van der Waals surface area contributed by atoms with Crippen molar-refractivity contribution in [3.8, 4) is 0 Å². The van der Waals surface area contributed by atoms with Crippen LogP contribution in [0.25, 0.3) is 0 Å². The van der Waals surface area contributed by atoms with Crippen LogP contribution in [0.4, 0.5) is 5.82 Å². The molecule has 0 aliphatic rings. The molecular formula is C5H8N4O. The summed E-state index contributed by atoms with van der Waals surface area (Å²) in [6, 6.07) is 0. The highest BCUT2D eigenvalue weighted by Crippen LogP contribution is 2.04.